The van der Waals surface area contributed by atoms with Crippen LogP contribution in [-0.4, -0.2) is 48.6 Å². The first-order valence-electron chi connectivity index (χ1n) is 8.36. The molecule has 2 nitrogen and oxygen atoms in total. The zero-order valence-corrected chi connectivity index (χ0v) is 13.0. The molecule has 2 heterocycles. The van der Waals surface area contributed by atoms with Gasteiger partial charge in [0.1, 0.15) is 0 Å². The van der Waals surface area contributed by atoms with Crippen LogP contribution in [0.15, 0.2) is 0 Å². The van der Waals surface area contributed by atoms with Crippen molar-refractivity contribution in [1.29, 1.82) is 0 Å². The SMILES string of the molecule is CC.CCCCN1CCC(N2CCCCC2)CC1. The average molecular weight is 254 g/mol. The third-order valence-corrected chi connectivity index (χ3v) is 4.29. The maximum atomic E-state index is 2.76. The van der Waals surface area contributed by atoms with Crippen LogP contribution in [0.2, 0.25) is 0 Å². The molecule has 2 fully saturated rings. The van der Waals surface area contributed by atoms with E-state index in [0.717, 1.165) is 6.04 Å². The van der Waals surface area contributed by atoms with Crippen LogP contribution >= 0.6 is 0 Å². The zero-order valence-electron chi connectivity index (χ0n) is 13.0. The number of unbranched alkanes of at least 4 members (excludes halogenated alkanes) is 1. The maximum absolute atomic E-state index is 2.76. The molecule has 0 atom stereocenters. The summed E-state index contributed by atoms with van der Waals surface area (Å²) in [7, 11) is 0. The highest BCUT2D eigenvalue weighted by molar-refractivity contribution is 4.81. The summed E-state index contributed by atoms with van der Waals surface area (Å²) < 4.78 is 0. The maximum Gasteiger partial charge on any atom is 0.0120 e. The van der Waals surface area contributed by atoms with Crippen molar-refractivity contribution in [3.05, 3.63) is 0 Å². The predicted molar refractivity (Wildman–Crippen MR) is 81.1 cm³/mol. The smallest absolute Gasteiger partial charge is 0.0120 e. The third-order valence-electron chi connectivity index (χ3n) is 4.29. The molecule has 0 aromatic carbocycles. The molecule has 0 saturated carbocycles. The summed E-state index contributed by atoms with van der Waals surface area (Å²) >= 11 is 0. The third kappa shape index (κ3) is 5.27. The second-order valence-electron chi connectivity index (χ2n) is 5.52. The Balaban J connectivity index is 0.000000771. The van der Waals surface area contributed by atoms with Crippen molar-refractivity contribution < 1.29 is 0 Å². The summed E-state index contributed by atoms with van der Waals surface area (Å²) in [4.78, 5) is 5.44. The van der Waals surface area contributed by atoms with Gasteiger partial charge in [-0.3, -0.25) is 0 Å². The summed E-state index contributed by atoms with van der Waals surface area (Å²) in [6.07, 6.45) is 9.91. The van der Waals surface area contributed by atoms with Crippen LogP contribution in [-0.2, 0) is 0 Å². The number of hydrogen-bond acceptors (Lipinski definition) is 2. The van der Waals surface area contributed by atoms with Crippen LogP contribution in [0.4, 0.5) is 0 Å². The van der Waals surface area contributed by atoms with Gasteiger partial charge in [-0.25, -0.2) is 0 Å². The fourth-order valence-corrected chi connectivity index (χ4v) is 3.17. The molecule has 0 amide bonds. The van der Waals surface area contributed by atoms with Gasteiger partial charge in [0.05, 0.1) is 0 Å². The van der Waals surface area contributed by atoms with E-state index in [2.05, 4.69) is 16.7 Å². The molecule has 0 spiro atoms. The van der Waals surface area contributed by atoms with Gasteiger partial charge in [0.2, 0.25) is 0 Å². The molecule has 0 unspecified atom stereocenters. The van der Waals surface area contributed by atoms with E-state index in [1.807, 2.05) is 13.8 Å². The lowest BCUT2D eigenvalue weighted by atomic mass is 10.00. The lowest BCUT2D eigenvalue weighted by Gasteiger charge is -2.40. The van der Waals surface area contributed by atoms with Crippen molar-refractivity contribution in [1.82, 2.24) is 9.80 Å². The van der Waals surface area contributed by atoms with Crippen LogP contribution in [0.1, 0.15) is 65.7 Å². The molecule has 108 valence electrons. The van der Waals surface area contributed by atoms with Gasteiger partial charge in [-0.1, -0.05) is 33.6 Å². The summed E-state index contributed by atoms with van der Waals surface area (Å²) in [5.41, 5.74) is 0. The first-order valence-corrected chi connectivity index (χ1v) is 8.36. The Morgan fingerprint density at radius 3 is 2.06 bits per heavy atom. The molecular weight excluding hydrogens is 220 g/mol. The van der Waals surface area contributed by atoms with E-state index in [4.69, 9.17) is 0 Å². The van der Waals surface area contributed by atoms with Crippen molar-refractivity contribution in [2.45, 2.75) is 71.8 Å². The molecule has 0 aliphatic carbocycles. The zero-order chi connectivity index (χ0) is 13.2. The van der Waals surface area contributed by atoms with E-state index in [-0.39, 0.29) is 0 Å². The molecule has 0 radical (unpaired) electrons. The predicted octanol–water partition coefficient (Wildman–Crippen LogP) is 3.76. The van der Waals surface area contributed by atoms with Gasteiger partial charge >= 0.3 is 0 Å². The largest absolute Gasteiger partial charge is 0.303 e. The first-order chi connectivity index (χ1) is 8.90. The Morgan fingerprint density at radius 2 is 1.50 bits per heavy atom. The Bertz CT molecular complexity index is 180. The van der Waals surface area contributed by atoms with Crippen molar-refractivity contribution in [2.24, 2.45) is 0 Å². The quantitative estimate of drug-likeness (QED) is 0.753. The molecule has 2 heteroatoms. The molecule has 18 heavy (non-hydrogen) atoms. The second-order valence-corrected chi connectivity index (χ2v) is 5.52. The molecule has 0 N–H and O–H groups in total. The topological polar surface area (TPSA) is 6.48 Å². The van der Waals surface area contributed by atoms with E-state index in [1.165, 1.54) is 77.7 Å². The van der Waals surface area contributed by atoms with Crippen molar-refractivity contribution in [2.75, 3.05) is 32.7 Å². The first kappa shape index (κ1) is 16.0. The number of likely N-dealkylation sites (tertiary alicyclic amines) is 2. The number of piperidine rings is 2. The molecule has 0 aromatic rings. The fourth-order valence-electron chi connectivity index (χ4n) is 3.17. The monoisotopic (exact) mass is 254 g/mol. The van der Waals surface area contributed by atoms with Crippen molar-refractivity contribution in [3.63, 3.8) is 0 Å². The van der Waals surface area contributed by atoms with Gasteiger partial charge in [0, 0.05) is 6.04 Å². The molecule has 2 aliphatic rings. The summed E-state index contributed by atoms with van der Waals surface area (Å²) in [5.74, 6) is 0. The highest BCUT2D eigenvalue weighted by Crippen LogP contribution is 2.20. The normalized spacial score (nSPS) is 23.5. The highest BCUT2D eigenvalue weighted by Gasteiger charge is 2.24. The van der Waals surface area contributed by atoms with Crippen LogP contribution in [0.25, 0.3) is 0 Å². The molecular formula is C16H34N2. The number of rotatable bonds is 4. The Kier molecular flexibility index (Phi) is 8.70. The Labute approximate surface area is 115 Å². The summed E-state index contributed by atoms with van der Waals surface area (Å²) in [5, 5.41) is 0. The fraction of sp³-hybridized carbons (Fsp3) is 1.00. The molecule has 2 rings (SSSR count). The lowest BCUT2D eigenvalue weighted by Crippen LogP contribution is -2.46. The standard InChI is InChI=1S/C14H28N2.C2H6/c1-2-3-9-15-12-7-14(8-13-15)16-10-5-4-6-11-16;1-2/h14H,2-13H2,1H3;1-2H3. The number of nitrogens with zero attached hydrogens (tertiary/aromatic N) is 2. The van der Waals surface area contributed by atoms with Crippen molar-refractivity contribution in [3.8, 4) is 0 Å². The van der Waals surface area contributed by atoms with Gasteiger partial charge in [-0.15, -0.1) is 0 Å². The minimum atomic E-state index is 0.915. The van der Waals surface area contributed by atoms with E-state index in [9.17, 15) is 0 Å². The van der Waals surface area contributed by atoms with Crippen LogP contribution < -0.4 is 0 Å². The molecule has 2 saturated heterocycles. The van der Waals surface area contributed by atoms with Gasteiger partial charge in [-0.05, 0) is 64.8 Å². The average Bonchev–Trinajstić information content (AvgIpc) is 2.49. The second kappa shape index (κ2) is 9.80. The van der Waals surface area contributed by atoms with Crippen molar-refractivity contribution >= 4 is 0 Å². The lowest BCUT2D eigenvalue weighted by molar-refractivity contribution is 0.0920. The van der Waals surface area contributed by atoms with Crippen LogP contribution in [0, 0.1) is 0 Å². The highest BCUT2D eigenvalue weighted by atomic mass is 15.2. The van der Waals surface area contributed by atoms with E-state index >= 15 is 0 Å². The van der Waals surface area contributed by atoms with Gasteiger partial charge in [0.15, 0.2) is 0 Å². The Hall–Kier alpha value is -0.0800. The molecule has 2 aliphatic heterocycles. The van der Waals surface area contributed by atoms with Crippen LogP contribution in [0.3, 0.4) is 0 Å². The van der Waals surface area contributed by atoms with Crippen LogP contribution in [0.5, 0.6) is 0 Å². The minimum Gasteiger partial charge on any atom is -0.303 e. The van der Waals surface area contributed by atoms with E-state index < -0.39 is 0 Å². The van der Waals surface area contributed by atoms with Gasteiger partial charge in [0.25, 0.3) is 0 Å². The summed E-state index contributed by atoms with van der Waals surface area (Å²) in [6, 6.07) is 0.915. The van der Waals surface area contributed by atoms with E-state index in [0.29, 0.717) is 0 Å². The Morgan fingerprint density at radius 1 is 0.889 bits per heavy atom. The van der Waals surface area contributed by atoms with Gasteiger partial charge in [-0.2, -0.15) is 0 Å². The summed E-state index contributed by atoms with van der Waals surface area (Å²) in [6.45, 7) is 13.1. The molecule has 0 aromatic heterocycles. The minimum absolute atomic E-state index is 0.915. The van der Waals surface area contributed by atoms with E-state index in [1.54, 1.807) is 0 Å². The van der Waals surface area contributed by atoms with Gasteiger partial charge < -0.3 is 9.80 Å². The number of hydrogen-bond donors (Lipinski definition) is 0. The molecule has 0 bridgehead atoms.